The van der Waals surface area contributed by atoms with Crippen LogP contribution in [0.5, 0.6) is 0 Å². The third-order valence-corrected chi connectivity index (χ3v) is 3.65. The first kappa shape index (κ1) is 14.0. The third kappa shape index (κ3) is 3.06. The Morgan fingerprint density at radius 1 is 1.14 bits per heavy atom. The molecule has 0 atom stereocenters. The number of halogens is 1. The highest BCUT2D eigenvalue weighted by molar-refractivity contribution is 6.30. The number of nitrogens with zero attached hydrogens (tertiary/aromatic N) is 3. The van der Waals surface area contributed by atoms with Crippen molar-refractivity contribution in [2.24, 2.45) is 0 Å². The summed E-state index contributed by atoms with van der Waals surface area (Å²) in [4.78, 5) is 9.06. The number of rotatable bonds is 5. The van der Waals surface area contributed by atoms with E-state index in [9.17, 15) is 0 Å². The lowest BCUT2D eigenvalue weighted by Gasteiger charge is -2.08. The zero-order chi connectivity index (χ0) is 14.7. The van der Waals surface area contributed by atoms with Gasteiger partial charge in [-0.1, -0.05) is 23.7 Å². The lowest BCUT2D eigenvalue weighted by atomic mass is 10.2. The minimum Gasteiger partial charge on any atom is -0.396 e. The number of hydrogen-bond acceptors (Lipinski definition) is 3. The molecule has 1 aromatic carbocycles. The third-order valence-electron chi connectivity index (χ3n) is 3.40. The number of imidazole rings is 1. The fourth-order valence-electron chi connectivity index (χ4n) is 2.37. The Morgan fingerprint density at radius 2 is 1.95 bits per heavy atom. The van der Waals surface area contributed by atoms with E-state index < -0.39 is 0 Å². The molecule has 3 rings (SSSR count). The summed E-state index contributed by atoms with van der Waals surface area (Å²) < 4.78 is 2.11. The van der Waals surface area contributed by atoms with E-state index in [1.165, 1.54) is 0 Å². The number of aliphatic hydroxyl groups excluding tert-OH is 1. The van der Waals surface area contributed by atoms with Crippen LogP contribution in [-0.2, 0) is 13.0 Å². The van der Waals surface area contributed by atoms with Crippen molar-refractivity contribution in [1.82, 2.24) is 14.5 Å². The number of benzene rings is 1. The van der Waals surface area contributed by atoms with Crippen LogP contribution in [0.1, 0.15) is 17.8 Å². The zero-order valence-electron chi connectivity index (χ0n) is 11.5. The normalized spacial score (nSPS) is 11.1. The van der Waals surface area contributed by atoms with Gasteiger partial charge in [-0.15, -0.1) is 0 Å². The Bertz CT molecular complexity index is 737. The van der Waals surface area contributed by atoms with Crippen molar-refractivity contribution in [3.8, 4) is 0 Å². The summed E-state index contributed by atoms with van der Waals surface area (Å²) in [7, 11) is 0. The van der Waals surface area contributed by atoms with Gasteiger partial charge in [-0.3, -0.25) is 0 Å². The molecule has 0 fully saturated rings. The topological polar surface area (TPSA) is 50.9 Å². The average molecular weight is 302 g/mol. The van der Waals surface area contributed by atoms with E-state index in [0.29, 0.717) is 13.0 Å². The number of pyridine rings is 1. The van der Waals surface area contributed by atoms with Crippen molar-refractivity contribution < 1.29 is 5.11 Å². The molecular formula is C16H16ClN3O. The van der Waals surface area contributed by atoms with Gasteiger partial charge < -0.3 is 9.67 Å². The molecule has 0 saturated heterocycles. The molecule has 1 N–H and O–H groups in total. The van der Waals surface area contributed by atoms with E-state index in [0.717, 1.165) is 34.0 Å². The minimum absolute atomic E-state index is 0.164. The summed E-state index contributed by atoms with van der Waals surface area (Å²) in [5.74, 6) is 0.952. The van der Waals surface area contributed by atoms with E-state index in [2.05, 4.69) is 14.5 Å². The van der Waals surface area contributed by atoms with Crippen molar-refractivity contribution in [1.29, 1.82) is 0 Å². The monoisotopic (exact) mass is 301 g/mol. The fourth-order valence-corrected chi connectivity index (χ4v) is 2.50. The van der Waals surface area contributed by atoms with E-state index in [-0.39, 0.29) is 6.61 Å². The molecule has 4 nitrogen and oxygen atoms in total. The van der Waals surface area contributed by atoms with E-state index in [1.54, 1.807) is 6.20 Å². The number of fused-ring (bicyclic) bond motifs is 1. The number of hydrogen-bond donors (Lipinski definition) is 1. The van der Waals surface area contributed by atoms with Crippen molar-refractivity contribution in [2.45, 2.75) is 19.4 Å². The smallest absolute Gasteiger partial charge is 0.160 e. The Labute approximate surface area is 128 Å². The van der Waals surface area contributed by atoms with Crippen LogP contribution in [0.3, 0.4) is 0 Å². The molecule has 0 amide bonds. The maximum atomic E-state index is 9.05. The van der Waals surface area contributed by atoms with Gasteiger partial charge in [0.05, 0.1) is 6.54 Å². The Hall–Kier alpha value is -1.91. The zero-order valence-corrected chi connectivity index (χ0v) is 12.3. The molecule has 0 spiro atoms. The number of aryl methyl sites for hydroxylation is 1. The van der Waals surface area contributed by atoms with Crippen LogP contribution in [-0.4, -0.2) is 26.2 Å². The molecule has 0 radical (unpaired) electrons. The summed E-state index contributed by atoms with van der Waals surface area (Å²) in [6.45, 7) is 0.864. The first-order chi connectivity index (χ1) is 10.3. The van der Waals surface area contributed by atoms with Gasteiger partial charge in [0.25, 0.3) is 0 Å². The SMILES string of the molecule is OCCCc1nc2cccnc2n1Cc1ccc(Cl)cc1. The van der Waals surface area contributed by atoms with Gasteiger partial charge in [-0.05, 0) is 36.2 Å². The summed E-state index contributed by atoms with van der Waals surface area (Å²) in [5, 5.41) is 9.78. The molecule has 0 saturated carbocycles. The largest absolute Gasteiger partial charge is 0.396 e. The lowest BCUT2D eigenvalue weighted by Crippen LogP contribution is -2.06. The van der Waals surface area contributed by atoms with Crippen LogP contribution in [0.2, 0.25) is 5.02 Å². The fraction of sp³-hybridized carbons (Fsp3) is 0.250. The van der Waals surface area contributed by atoms with Crippen molar-refractivity contribution in [3.05, 3.63) is 59.0 Å². The van der Waals surface area contributed by atoms with Crippen molar-refractivity contribution >= 4 is 22.8 Å². The molecule has 5 heteroatoms. The minimum atomic E-state index is 0.164. The summed E-state index contributed by atoms with van der Waals surface area (Å²) in [6, 6.07) is 11.6. The van der Waals surface area contributed by atoms with Crippen LogP contribution >= 0.6 is 11.6 Å². The predicted octanol–water partition coefficient (Wildman–Crippen LogP) is 3.06. The maximum Gasteiger partial charge on any atom is 0.160 e. The van der Waals surface area contributed by atoms with Gasteiger partial charge in [0.2, 0.25) is 0 Å². The van der Waals surface area contributed by atoms with E-state index >= 15 is 0 Å². The van der Waals surface area contributed by atoms with Gasteiger partial charge in [-0.2, -0.15) is 0 Å². The molecular weight excluding hydrogens is 286 g/mol. The molecule has 2 aromatic heterocycles. The average Bonchev–Trinajstić information content (AvgIpc) is 2.85. The van der Waals surface area contributed by atoms with Gasteiger partial charge in [-0.25, -0.2) is 9.97 Å². The Kier molecular flexibility index (Phi) is 4.18. The summed E-state index contributed by atoms with van der Waals surface area (Å²) >= 11 is 5.93. The second-order valence-corrected chi connectivity index (χ2v) is 5.35. The van der Waals surface area contributed by atoms with Crippen molar-refractivity contribution in [2.75, 3.05) is 6.61 Å². The second kappa shape index (κ2) is 6.24. The molecule has 2 heterocycles. The van der Waals surface area contributed by atoms with Gasteiger partial charge in [0, 0.05) is 24.2 Å². The Morgan fingerprint density at radius 3 is 2.71 bits per heavy atom. The quantitative estimate of drug-likeness (QED) is 0.788. The van der Waals surface area contributed by atoms with Crippen LogP contribution in [0, 0.1) is 0 Å². The molecule has 108 valence electrons. The maximum absolute atomic E-state index is 9.05. The van der Waals surface area contributed by atoms with E-state index in [1.807, 2.05) is 36.4 Å². The van der Waals surface area contributed by atoms with Crippen LogP contribution in [0.25, 0.3) is 11.2 Å². The molecule has 0 aliphatic heterocycles. The highest BCUT2D eigenvalue weighted by Gasteiger charge is 2.11. The van der Waals surface area contributed by atoms with Crippen molar-refractivity contribution in [3.63, 3.8) is 0 Å². The molecule has 21 heavy (non-hydrogen) atoms. The van der Waals surface area contributed by atoms with Crippen LogP contribution < -0.4 is 0 Å². The predicted molar refractivity (Wildman–Crippen MR) is 83.5 cm³/mol. The van der Waals surface area contributed by atoms with Gasteiger partial charge >= 0.3 is 0 Å². The number of aliphatic hydroxyl groups is 1. The highest BCUT2D eigenvalue weighted by Crippen LogP contribution is 2.18. The van der Waals surface area contributed by atoms with E-state index in [4.69, 9.17) is 16.7 Å². The van der Waals surface area contributed by atoms with Gasteiger partial charge in [0.1, 0.15) is 11.3 Å². The van der Waals surface area contributed by atoms with Crippen LogP contribution in [0.4, 0.5) is 0 Å². The first-order valence-electron chi connectivity index (χ1n) is 6.93. The first-order valence-corrected chi connectivity index (χ1v) is 7.31. The molecule has 0 aliphatic carbocycles. The Balaban J connectivity index is 1.99. The molecule has 0 unspecified atom stereocenters. The number of aromatic nitrogens is 3. The summed E-state index contributed by atoms with van der Waals surface area (Å²) in [5.41, 5.74) is 2.91. The standard InChI is InChI=1S/C16H16ClN3O/c17-13-7-5-12(6-8-13)11-20-15(4-2-10-21)19-14-3-1-9-18-16(14)20/h1,3,5-9,21H,2,4,10-11H2. The lowest BCUT2D eigenvalue weighted by molar-refractivity contribution is 0.287. The molecule has 3 aromatic rings. The molecule has 0 bridgehead atoms. The highest BCUT2D eigenvalue weighted by atomic mass is 35.5. The second-order valence-electron chi connectivity index (χ2n) is 4.91. The molecule has 0 aliphatic rings. The van der Waals surface area contributed by atoms with Crippen LogP contribution in [0.15, 0.2) is 42.6 Å². The summed E-state index contributed by atoms with van der Waals surface area (Å²) in [6.07, 6.45) is 3.21. The van der Waals surface area contributed by atoms with Gasteiger partial charge in [0.15, 0.2) is 5.65 Å².